The number of methoxy groups -OCH3 is 1. The first-order chi connectivity index (χ1) is 44.2. The van der Waals surface area contributed by atoms with E-state index in [0.717, 1.165) is 5.56 Å². The molecule has 7 aromatic rings. The highest BCUT2D eigenvalue weighted by Crippen LogP contribution is 2.48. The Morgan fingerprint density at radius 3 is 1.43 bits per heavy atom. The number of anilines is 3. The number of benzene rings is 1. The molecule has 3 atom stereocenters. The molecule has 0 aliphatic carbocycles. The molecule has 3 unspecified atom stereocenters. The number of nitrogens with two attached hydrogens (primary N) is 3. The van der Waals surface area contributed by atoms with Crippen LogP contribution in [-0.4, -0.2) is 172 Å². The Hall–Kier alpha value is -7.93. The minimum atomic E-state index is -4.02. The number of carbonyl (C=O) groups excluding carboxylic acids is 3. The number of hydrogen-bond acceptors (Lipinski definition) is 30. The van der Waals surface area contributed by atoms with Crippen molar-refractivity contribution in [3.63, 3.8) is 0 Å². The summed E-state index contributed by atoms with van der Waals surface area (Å²) in [5.41, 5.74) is 16.5. The lowest BCUT2D eigenvalue weighted by molar-refractivity contribution is -0.162. The molecule has 7 heterocycles. The van der Waals surface area contributed by atoms with Crippen LogP contribution in [0, 0.1) is 10.8 Å². The van der Waals surface area contributed by atoms with E-state index in [2.05, 4.69) is 44.9 Å². The van der Waals surface area contributed by atoms with Gasteiger partial charge in [0.05, 0.1) is 75.9 Å². The van der Waals surface area contributed by atoms with Gasteiger partial charge >= 0.3 is 40.7 Å². The Labute approximate surface area is 534 Å². The molecule has 0 spiro atoms. The van der Waals surface area contributed by atoms with Gasteiger partial charge in [-0.3, -0.25) is 71.0 Å². The number of aromatic amines is 3. The van der Waals surface area contributed by atoms with E-state index in [-0.39, 0.29) is 117 Å². The molecule has 1 aliphatic heterocycles. The molecule has 0 saturated heterocycles. The van der Waals surface area contributed by atoms with Gasteiger partial charge in [-0.1, -0.05) is 30.3 Å². The summed E-state index contributed by atoms with van der Waals surface area (Å²) in [5.74, 6) is -1.45. The molecule has 0 saturated carbocycles. The fourth-order valence-electron chi connectivity index (χ4n) is 7.57. The minimum absolute atomic E-state index is 0.000111. The number of fused-ring (bicyclic) bond motifs is 3. The molecular formula is C53H76N15O23P3. The number of nitrogens with one attached hydrogen (secondary N) is 3. The van der Waals surface area contributed by atoms with Crippen molar-refractivity contribution in [1.82, 2.24) is 58.6 Å². The number of esters is 3. The fourth-order valence-corrected chi connectivity index (χ4v) is 10.2. The molecule has 1 aromatic carbocycles. The molecular weight excluding hydrogens is 1310 g/mol. The first kappa shape index (κ1) is 75.1. The maximum atomic E-state index is 13.1. The van der Waals surface area contributed by atoms with Crippen molar-refractivity contribution in [3.8, 4) is 0 Å². The third-order valence-corrected chi connectivity index (χ3v) is 16.0. The summed E-state index contributed by atoms with van der Waals surface area (Å²) in [6, 6.07) is 9.53. The summed E-state index contributed by atoms with van der Waals surface area (Å²) < 4.78 is 104. The number of carbonyl (C=O) groups is 3. The number of cyclic esters (lactones) is 1. The first-order valence-corrected chi connectivity index (χ1v) is 33.5. The smallest absolute Gasteiger partial charge is 0.361 e. The van der Waals surface area contributed by atoms with Crippen molar-refractivity contribution in [2.24, 2.45) is 10.8 Å². The monoisotopic (exact) mass is 1380 g/mol. The van der Waals surface area contributed by atoms with Crippen molar-refractivity contribution >= 4 is 92.0 Å². The molecule has 0 bridgehead atoms. The van der Waals surface area contributed by atoms with Crippen molar-refractivity contribution in [2.45, 2.75) is 87.2 Å². The summed E-state index contributed by atoms with van der Waals surface area (Å²) >= 11 is 0. The van der Waals surface area contributed by atoms with Gasteiger partial charge < -0.3 is 83.1 Å². The van der Waals surface area contributed by atoms with E-state index in [9.17, 15) is 52.2 Å². The molecule has 0 radical (unpaired) electrons. The zero-order valence-electron chi connectivity index (χ0n) is 52.6. The second-order valence-electron chi connectivity index (χ2n) is 22.3. The average Bonchev–Trinajstić information content (AvgIpc) is 1.67. The lowest BCUT2D eigenvalue weighted by Gasteiger charge is -2.22. The van der Waals surface area contributed by atoms with E-state index in [0.29, 0.717) is 17.8 Å². The second kappa shape index (κ2) is 34.0. The van der Waals surface area contributed by atoms with E-state index < -0.39 is 107 Å². The van der Waals surface area contributed by atoms with Crippen LogP contribution in [0.25, 0.3) is 33.5 Å². The van der Waals surface area contributed by atoms with Crippen LogP contribution >= 0.6 is 22.8 Å². The maximum absolute atomic E-state index is 13.1. The summed E-state index contributed by atoms with van der Waals surface area (Å²) in [6.07, 6.45) is 2.25. The predicted octanol–water partition coefficient (Wildman–Crippen LogP) is 3.20. The molecule has 8 rings (SSSR count). The Bertz CT molecular complexity index is 4050. The standard InChI is InChI=1S/C20H32N5O9P.C19H26N5O7P.C14H18N5O7P/c1-19(2,3)16(27)31-10-33-35(29,34-11-32-17(28)20(4,5)6)12-30-8-7-25-9-22-13-14(25)23-18(21)24-15(13)26;1-28-10-15(30-9-14-5-3-2-4-6-14)11-31-32(26,27)13-29-8-7-24-12-21-16-17(24)22-19(20)23-18(16)25;1-8-4-10(20)26-9(8)5-25-27(22,23)7-24-3-2-19-6-16-11-12(19)17-14(15)18-13(11)21/h9H,7-8,10-12H2,1-6H3,(H3,21,23,24,26);2-6,12,15H,7-11,13H2,1H3,(H,26,27)(H3,20,22,23,25);6H,2-5,7H2,1H3,(H,22,23)(H3,15,17,18,21). The summed E-state index contributed by atoms with van der Waals surface area (Å²) in [6.45, 7) is 11.2. The Morgan fingerprint density at radius 1 is 0.617 bits per heavy atom. The lowest BCUT2D eigenvalue weighted by Crippen LogP contribution is -2.25. The Morgan fingerprint density at radius 2 is 1.03 bits per heavy atom. The number of hydrogen-bond donors (Lipinski definition) is 8. The van der Waals surface area contributed by atoms with E-state index in [1.807, 2.05) is 30.3 Å². The third-order valence-electron chi connectivity index (χ3n) is 12.4. The molecule has 38 nitrogen and oxygen atoms in total. The van der Waals surface area contributed by atoms with E-state index in [1.165, 1.54) is 35.2 Å². The van der Waals surface area contributed by atoms with E-state index in [1.54, 1.807) is 53.0 Å². The van der Waals surface area contributed by atoms with Gasteiger partial charge in [-0.05, 0) is 59.6 Å². The maximum Gasteiger partial charge on any atom is 0.361 e. The molecule has 11 N–H and O–H groups in total. The predicted molar refractivity (Wildman–Crippen MR) is 333 cm³/mol. The van der Waals surface area contributed by atoms with Gasteiger partial charge in [-0.2, -0.15) is 15.0 Å². The number of ether oxygens (including phenoxy) is 8. The number of rotatable bonds is 32. The van der Waals surface area contributed by atoms with Crippen LogP contribution in [0.2, 0.25) is 0 Å². The first-order valence-electron chi connectivity index (χ1n) is 28.3. The van der Waals surface area contributed by atoms with Gasteiger partial charge in [0.25, 0.3) is 16.7 Å². The second-order valence-corrected chi connectivity index (χ2v) is 27.9. The average molecular weight is 1380 g/mol. The van der Waals surface area contributed by atoms with Crippen molar-refractivity contribution < 1.29 is 93.9 Å². The zero-order valence-corrected chi connectivity index (χ0v) is 55.3. The largest absolute Gasteiger partial charge is 0.438 e. The highest BCUT2D eigenvalue weighted by atomic mass is 31.2. The summed E-state index contributed by atoms with van der Waals surface area (Å²) in [7, 11) is -10.5. The van der Waals surface area contributed by atoms with Crippen LogP contribution in [0.4, 0.5) is 17.8 Å². The quantitative estimate of drug-likeness (QED) is 0.00986. The van der Waals surface area contributed by atoms with Crippen molar-refractivity contribution in [3.05, 3.63) is 97.3 Å². The number of imidazole rings is 3. The zero-order chi connectivity index (χ0) is 69.0. The molecule has 41 heteroatoms. The normalized spacial score (nSPS) is 14.4. The van der Waals surface area contributed by atoms with Crippen LogP contribution in [0.3, 0.4) is 0 Å². The SMILES string of the molecule is CC(C)(C)C(=O)OCOP(=O)(COCCn1cnc2c(=O)[nH]c(N)nc21)OCOC(=O)C(C)(C)C.CC1=C(COP(=O)(O)COCCn2cnc3c(=O)[nH]c(N)nc32)OC(=O)C1.COCC(COP(=O)(O)COCCn1cnc2c(=O)[nH]c(N)nc21)OCc1ccccc1. The lowest BCUT2D eigenvalue weighted by atomic mass is 9.98. The van der Waals surface area contributed by atoms with Crippen molar-refractivity contribution in [1.29, 1.82) is 0 Å². The van der Waals surface area contributed by atoms with Gasteiger partial charge in [0.1, 0.15) is 37.5 Å². The molecule has 6 aromatic heterocycles. The molecule has 1 aliphatic rings. The molecule has 516 valence electrons. The topological polar surface area (TPSA) is 522 Å². The molecule has 0 fully saturated rings. The van der Waals surface area contributed by atoms with Crippen LogP contribution < -0.4 is 33.9 Å². The highest BCUT2D eigenvalue weighted by Gasteiger charge is 2.32. The van der Waals surface area contributed by atoms with E-state index in [4.69, 9.17) is 73.2 Å². The van der Waals surface area contributed by atoms with Gasteiger partial charge in [0.2, 0.25) is 31.4 Å². The van der Waals surface area contributed by atoms with Gasteiger partial charge in [-0.25, -0.2) is 15.0 Å². The summed E-state index contributed by atoms with van der Waals surface area (Å²) in [4.78, 5) is 121. The van der Waals surface area contributed by atoms with Crippen LogP contribution in [0.1, 0.15) is 60.5 Å². The van der Waals surface area contributed by atoms with Crippen LogP contribution in [0.5, 0.6) is 0 Å². The number of H-pyrrole nitrogens is 3. The van der Waals surface area contributed by atoms with Gasteiger partial charge in [-0.15, -0.1) is 0 Å². The highest BCUT2D eigenvalue weighted by molar-refractivity contribution is 7.53. The summed E-state index contributed by atoms with van der Waals surface area (Å²) in [5, 5.41) is 0. The van der Waals surface area contributed by atoms with E-state index >= 15 is 0 Å². The van der Waals surface area contributed by atoms with Crippen molar-refractivity contribution in [2.75, 3.05) is 96.6 Å². The van der Waals surface area contributed by atoms with Gasteiger partial charge in [0, 0.05) is 26.7 Å². The Balaban J connectivity index is 0.000000225. The van der Waals surface area contributed by atoms with Crippen LogP contribution in [-0.2, 0) is 110 Å². The minimum Gasteiger partial charge on any atom is -0.438 e. The molecule has 0 amide bonds. The third kappa shape index (κ3) is 23.5. The van der Waals surface area contributed by atoms with Gasteiger partial charge in [0.15, 0.2) is 33.5 Å². The Kier molecular flexibility index (Phi) is 27.1. The molecule has 94 heavy (non-hydrogen) atoms. The van der Waals surface area contributed by atoms with Crippen LogP contribution in [0.15, 0.2) is 75.0 Å². The number of nitrogen functional groups attached to an aromatic ring is 3. The number of nitrogens with zero attached hydrogens (tertiary/aromatic N) is 9. The fraction of sp³-hybridized carbons (Fsp3) is 0.509. The number of aromatic nitrogens is 12.